The molecule has 0 aliphatic carbocycles. The summed E-state index contributed by atoms with van der Waals surface area (Å²) in [6.07, 6.45) is 5.08. The van der Waals surface area contributed by atoms with Gasteiger partial charge in [-0.2, -0.15) is 0 Å². The highest BCUT2D eigenvalue weighted by atomic mass is 16.4. The van der Waals surface area contributed by atoms with Gasteiger partial charge in [-0.3, -0.25) is 0 Å². The van der Waals surface area contributed by atoms with Gasteiger partial charge in [0.1, 0.15) is 0 Å². The molecule has 0 fully saturated rings. The molecular formula is C6H14N2O2. The number of aromatic amines is 1. The minimum Gasteiger partial charge on any atom is -0.400 e. The van der Waals surface area contributed by atoms with Crippen LogP contribution in [0.5, 0.6) is 0 Å². The zero-order valence-corrected chi connectivity index (χ0v) is 6.53. The fourth-order valence-electron chi connectivity index (χ4n) is 0.215. The summed E-state index contributed by atoms with van der Waals surface area (Å²) in [5, 5.41) is 7.00. The van der Waals surface area contributed by atoms with E-state index in [0.29, 0.717) is 0 Å². The van der Waals surface area contributed by atoms with E-state index in [1.807, 2.05) is 0 Å². The SMILES string of the molecule is CO.COC.c1c[nH]cn1. The Morgan fingerprint density at radius 2 is 1.90 bits per heavy atom. The Labute approximate surface area is 60.9 Å². The molecule has 0 atom stereocenters. The molecule has 0 bridgehead atoms. The van der Waals surface area contributed by atoms with Gasteiger partial charge in [0.25, 0.3) is 0 Å². The van der Waals surface area contributed by atoms with Gasteiger partial charge < -0.3 is 14.8 Å². The van der Waals surface area contributed by atoms with Gasteiger partial charge >= 0.3 is 0 Å². The minimum absolute atomic E-state index is 1.00. The van der Waals surface area contributed by atoms with E-state index in [9.17, 15) is 0 Å². The van der Waals surface area contributed by atoms with Crippen LogP contribution in [0.3, 0.4) is 0 Å². The molecule has 1 aromatic rings. The van der Waals surface area contributed by atoms with Crippen LogP contribution in [-0.2, 0) is 4.74 Å². The van der Waals surface area contributed by atoms with Crippen LogP contribution in [0.25, 0.3) is 0 Å². The molecule has 1 rings (SSSR count). The van der Waals surface area contributed by atoms with Crippen LogP contribution in [0, 0.1) is 0 Å². The molecular weight excluding hydrogens is 132 g/mol. The van der Waals surface area contributed by atoms with Crippen molar-refractivity contribution in [1.82, 2.24) is 9.97 Å². The number of hydrogen-bond acceptors (Lipinski definition) is 3. The summed E-state index contributed by atoms with van der Waals surface area (Å²) in [6.45, 7) is 0. The lowest BCUT2D eigenvalue weighted by Crippen LogP contribution is -1.55. The molecule has 0 aromatic carbocycles. The summed E-state index contributed by atoms with van der Waals surface area (Å²) in [5.41, 5.74) is 0. The van der Waals surface area contributed by atoms with Crippen LogP contribution < -0.4 is 0 Å². The number of methoxy groups -OCH3 is 1. The molecule has 4 nitrogen and oxygen atoms in total. The Kier molecular flexibility index (Phi) is 18.6. The van der Waals surface area contributed by atoms with Crippen molar-refractivity contribution in [2.75, 3.05) is 21.3 Å². The summed E-state index contributed by atoms with van der Waals surface area (Å²) in [7, 11) is 4.25. The fourth-order valence-corrected chi connectivity index (χ4v) is 0.215. The zero-order chi connectivity index (χ0) is 8.24. The summed E-state index contributed by atoms with van der Waals surface area (Å²) in [5.74, 6) is 0. The quantitative estimate of drug-likeness (QED) is 0.552. The van der Waals surface area contributed by atoms with E-state index in [-0.39, 0.29) is 0 Å². The van der Waals surface area contributed by atoms with Gasteiger partial charge in [-0.1, -0.05) is 0 Å². The molecule has 0 amide bonds. The number of rotatable bonds is 0. The van der Waals surface area contributed by atoms with Crippen molar-refractivity contribution in [2.24, 2.45) is 0 Å². The van der Waals surface area contributed by atoms with E-state index >= 15 is 0 Å². The van der Waals surface area contributed by atoms with Crippen molar-refractivity contribution in [1.29, 1.82) is 0 Å². The van der Waals surface area contributed by atoms with E-state index in [2.05, 4.69) is 14.7 Å². The van der Waals surface area contributed by atoms with Crippen molar-refractivity contribution < 1.29 is 9.84 Å². The number of aliphatic hydroxyl groups is 1. The lowest BCUT2D eigenvalue weighted by molar-refractivity contribution is 0.277. The van der Waals surface area contributed by atoms with Gasteiger partial charge in [-0.25, -0.2) is 4.98 Å². The normalized spacial score (nSPS) is 6.40. The van der Waals surface area contributed by atoms with Crippen LogP contribution in [0.1, 0.15) is 0 Å². The lowest BCUT2D eigenvalue weighted by atomic mass is 11.0. The first-order valence-corrected chi connectivity index (χ1v) is 2.69. The standard InChI is InChI=1S/C3H4N2.C2H6O.CH4O/c1-2-5-3-4-1;1-3-2;1-2/h1-3H,(H,4,5);1-2H3;2H,1H3. The number of ether oxygens (including phenoxy) is 1. The van der Waals surface area contributed by atoms with Gasteiger partial charge in [0.2, 0.25) is 0 Å². The Hall–Kier alpha value is -0.870. The molecule has 4 heteroatoms. The highest BCUT2D eigenvalue weighted by molar-refractivity contribution is 4.64. The van der Waals surface area contributed by atoms with E-state index in [0.717, 1.165) is 7.11 Å². The Morgan fingerprint density at radius 1 is 1.40 bits per heavy atom. The van der Waals surface area contributed by atoms with E-state index < -0.39 is 0 Å². The Morgan fingerprint density at radius 3 is 2.00 bits per heavy atom. The van der Waals surface area contributed by atoms with Crippen molar-refractivity contribution in [3.63, 3.8) is 0 Å². The number of H-pyrrole nitrogens is 1. The largest absolute Gasteiger partial charge is 0.400 e. The smallest absolute Gasteiger partial charge is 0.0919 e. The molecule has 0 aliphatic heterocycles. The highest BCUT2D eigenvalue weighted by Gasteiger charge is 1.56. The average molecular weight is 146 g/mol. The van der Waals surface area contributed by atoms with E-state index in [4.69, 9.17) is 5.11 Å². The van der Waals surface area contributed by atoms with Crippen molar-refractivity contribution in [2.45, 2.75) is 0 Å². The monoisotopic (exact) mass is 146 g/mol. The second-order valence-corrected chi connectivity index (χ2v) is 1.17. The maximum Gasteiger partial charge on any atom is 0.0919 e. The molecule has 0 saturated carbocycles. The number of nitrogens with zero attached hydrogens (tertiary/aromatic N) is 1. The number of imidazole rings is 1. The molecule has 0 unspecified atom stereocenters. The number of aliphatic hydroxyl groups excluding tert-OH is 1. The lowest BCUT2D eigenvalue weighted by Gasteiger charge is -1.61. The molecule has 0 saturated heterocycles. The summed E-state index contributed by atoms with van der Waals surface area (Å²) in [6, 6.07) is 0. The van der Waals surface area contributed by atoms with Gasteiger partial charge in [-0.05, 0) is 0 Å². The first kappa shape index (κ1) is 11.9. The predicted octanol–water partition coefficient (Wildman–Crippen LogP) is 0.281. The van der Waals surface area contributed by atoms with E-state index in [1.165, 1.54) is 0 Å². The molecule has 2 N–H and O–H groups in total. The Bertz CT molecular complexity index is 80.6. The highest BCUT2D eigenvalue weighted by Crippen LogP contribution is 1.62. The van der Waals surface area contributed by atoms with Crippen LogP contribution in [0.15, 0.2) is 18.7 Å². The fraction of sp³-hybridized carbons (Fsp3) is 0.500. The predicted molar refractivity (Wildman–Crippen MR) is 39.7 cm³/mol. The topological polar surface area (TPSA) is 58.1 Å². The van der Waals surface area contributed by atoms with E-state index in [1.54, 1.807) is 32.9 Å². The van der Waals surface area contributed by atoms with Crippen molar-refractivity contribution in [3.8, 4) is 0 Å². The Balaban J connectivity index is 0. The van der Waals surface area contributed by atoms with Gasteiger partial charge in [-0.15, -0.1) is 0 Å². The number of nitrogens with one attached hydrogen (secondary N) is 1. The molecule has 0 spiro atoms. The van der Waals surface area contributed by atoms with Crippen LogP contribution in [0.2, 0.25) is 0 Å². The molecule has 0 radical (unpaired) electrons. The third-order valence-corrected chi connectivity index (χ3v) is 0.406. The maximum absolute atomic E-state index is 7.00. The molecule has 60 valence electrons. The first-order valence-electron chi connectivity index (χ1n) is 2.69. The average Bonchev–Trinajstić information content (AvgIpc) is 2.48. The molecule has 1 heterocycles. The van der Waals surface area contributed by atoms with Gasteiger partial charge in [0.15, 0.2) is 0 Å². The van der Waals surface area contributed by atoms with Crippen LogP contribution in [0.4, 0.5) is 0 Å². The van der Waals surface area contributed by atoms with Crippen molar-refractivity contribution in [3.05, 3.63) is 18.7 Å². The van der Waals surface area contributed by atoms with Gasteiger partial charge in [0.05, 0.1) is 6.33 Å². The number of aromatic nitrogens is 2. The molecule has 10 heavy (non-hydrogen) atoms. The first-order chi connectivity index (χ1) is 4.91. The van der Waals surface area contributed by atoms with Gasteiger partial charge in [0, 0.05) is 33.7 Å². The zero-order valence-electron chi connectivity index (χ0n) is 6.53. The maximum atomic E-state index is 7.00. The summed E-state index contributed by atoms with van der Waals surface area (Å²) >= 11 is 0. The summed E-state index contributed by atoms with van der Waals surface area (Å²) < 4.78 is 4.25. The summed E-state index contributed by atoms with van der Waals surface area (Å²) in [4.78, 5) is 6.42. The molecule has 1 aromatic heterocycles. The van der Waals surface area contributed by atoms with Crippen LogP contribution in [-0.4, -0.2) is 36.4 Å². The van der Waals surface area contributed by atoms with Crippen LogP contribution >= 0.6 is 0 Å². The number of hydrogen-bond donors (Lipinski definition) is 2. The third kappa shape index (κ3) is 15.7. The third-order valence-electron chi connectivity index (χ3n) is 0.406. The molecule has 0 aliphatic rings. The minimum atomic E-state index is 1.00. The van der Waals surface area contributed by atoms with Crippen molar-refractivity contribution >= 4 is 0 Å². The second-order valence-electron chi connectivity index (χ2n) is 1.17. The second kappa shape index (κ2) is 15.7.